The minimum Gasteiger partial charge on any atom is -0.377 e. The number of fused-ring (bicyclic) bond motifs is 1. The first kappa shape index (κ1) is 17.9. The van der Waals surface area contributed by atoms with Crippen LogP contribution in [-0.2, 0) is 11.3 Å². The summed E-state index contributed by atoms with van der Waals surface area (Å²) >= 11 is 8.93. The molecule has 1 saturated heterocycles. The average Bonchev–Trinajstić information content (AvgIpc) is 3.33. The molecule has 26 heavy (non-hydrogen) atoms. The maximum absolute atomic E-state index is 5.70. The lowest BCUT2D eigenvalue weighted by atomic mass is 10.1. The number of thiophene rings is 1. The second-order valence-electron chi connectivity index (χ2n) is 6.14. The Hall–Kier alpha value is -1.54. The van der Waals surface area contributed by atoms with E-state index in [0.29, 0.717) is 12.4 Å². The second-order valence-corrected chi connectivity index (χ2v) is 8.62. The molecule has 1 aromatic carbocycles. The molecule has 4 nitrogen and oxygen atoms in total. The van der Waals surface area contributed by atoms with Gasteiger partial charge in [-0.15, -0.1) is 11.3 Å². The predicted molar refractivity (Wildman–Crippen MR) is 113 cm³/mol. The van der Waals surface area contributed by atoms with E-state index in [0.717, 1.165) is 32.7 Å². The molecule has 4 rings (SSSR count). The number of nitrogens with zero attached hydrogens (tertiary/aromatic N) is 3. The van der Waals surface area contributed by atoms with Crippen molar-refractivity contribution in [3.05, 3.63) is 41.5 Å². The highest BCUT2D eigenvalue weighted by Crippen LogP contribution is 2.39. The molecular formula is C19H19N3OS3. The van der Waals surface area contributed by atoms with Crippen LogP contribution in [0.1, 0.15) is 18.7 Å². The van der Waals surface area contributed by atoms with E-state index in [9.17, 15) is 0 Å². The lowest BCUT2D eigenvalue weighted by Crippen LogP contribution is -2.23. The van der Waals surface area contributed by atoms with Crippen LogP contribution in [0.5, 0.6) is 0 Å². The maximum atomic E-state index is 5.70. The minimum atomic E-state index is 0.401. The van der Waals surface area contributed by atoms with Crippen molar-refractivity contribution in [2.75, 3.05) is 20.2 Å². The van der Waals surface area contributed by atoms with Crippen LogP contribution in [0.2, 0.25) is 0 Å². The number of methoxy groups -OCH3 is 1. The molecule has 0 N–H and O–H groups in total. The second kappa shape index (κ2) is 8.00. The molecule has 134 valence electrons. The normalized spacial score (nSPS) is 14.3. The van der Waals surface area contributed by atoms with Gasteiger partial charge in [-0.25, -0.2) is 9.97 Å². The summed E-state index contributed by atoms with van der Waals surface area (Å²) in [5.74, 6) is 0.702. The zero-order valence-electron chi connectivity index (χ0n) is 14.5. The highest BCUT2D eigenvalue weighted by Gasteiger charge is 2.21. The Morgan fingerprint density at radius 1 is 1.23 bits per heavy atom. The van der Waals surface area contributed by atoms with E-state index in [1.165, 1.54) is 24.0 Å². The molecule has 7 heteroatoms. The molecule has 0 bridgehead atoms. The van der Waals surface area contributed by atoms with E-state index >= 15 is 0 Å². The fraction of sp³-hybridized carbons (Fsp3) is 0.316. The van der Waals surface area contributed by atoms with Gasteiger partial charge >= 0.3 is 0 Å². The van der Waals surface area contributed by atoms with Gasteiger partial charge in [0.2, 0.25) is 0 Å². The quantitative estimate of drug-likeness (QED) is 0.349. The summed E-state index contributed by atoms with van der Waals surface area (Å²) in [6.07, 6.45) is 2.42. The van der Waals surface area contributed by atoms with Gasteiger partial charge in [0.25, 0.3) is 0 Å². The number of rotatable bonds is 4. The van der Waals surface area contributed by atoms with Gasteiger partial charge in [0.05, 0.1) is 5.39 Å². The van der Waals surface area contributed by atoms with Gasteiger partial charge in [-0.1, -0.05) is 42.5 Å². The molecule has 0 saturated carbocycles. The Morgan fingerprint density at radius 3 is 2.73 bits per heavy atom. The third-order valence-corrected chi connectivity index (χ3v) is 6.66. The Morgan fingerprint density at radius 2 is 2.00 bits per heavy atom. The van der Waals surface area contributed by atoms with Gasteiger partial charge in [0.15, 0.2) is 5.82 Å². The number of aromatic nitrogens is 2. The molecule has 0 aliphatic carbocycles. The summed E-state index contributed by atoms with van der Waals surface area (Å²) in [5.41, 5.74) is 2.34. The van der Waals surface area contributed by atoms with Crippen LogP contribution in [0, 0.1) is 0 Å². The van der Waals surface area contributed by atoms with Gasteiger partial charge in [-0.05, 0) is 30.2 Å². The number of ether oxygens (including phenoxy) is 1. The van der Waals surface area contributed by atoms with Crippen molar-refractivity contribution < 1.29 is 4.74 Å². The lowest BCUT2D eigenvalue weighted by molar-refractivity contribution is 0.177. The highest BCUT2D eigenvalue weighted by molar-refractivity contribution is 8.23. The molecule has 0 radical (unpaired) electrons. The highest BCUT2D eigenvalue weighted by atomic mass is 32.2. The third-order valence-electron chi connectivity index (χ3n) is 4.35. The van der Waals surface area contributed by atoms with Crippen LogP contribution < -0.4 is 0 Å². The van der Waals surface area contributed by atoms with Crippen molar-refractivity contribution in [1.29, 1.82) is 0 Å². The summed E-state index contributed by atoms with van der Waals surface area (Å²) < 4.78 is 6.15. The monoisotopic (exact) mass is 401 g/mol. The number of likely N-dealkylation sites (tertiary alicyclic amines) is 1. The van der Waals surface area contributed by atoms with Crippen LogP contribution >= 0.6 is 35.3 Å². The molecule has 0 atom stereocenters. The van der Waals surface area contributed by atoms with E-state index in [-0.39, 0.29) is 0 Å². The van der Waals surface area contributed by atoms with Gasteiger partial charge in [0.1, 0.15) is 20.8 Å². The van der Waals surface area contributed by atoms with Crippen molar-refractivity contribution in [1.82, 2.24) is 14.9 Å². The van der Waals surface area contributed by atoms with E-state index in [1.807, 2.05) is 6.07 Å². The fourth-order valence-electron chi connectivity index (χ4n) is 3.10. The smallest absolute Gasteiger partial charge is 0.156 e. The molecule has 3 aromatic rings. The zero-order valence-corrected chi connectivity index (χ0v) is 16.9. The molecule has 0 amide bonds. The first-order valence-corrected chi connectivity index (χ1v) is 10.7. The molecule has 1 fully saturated rings. The molecule has 2 aromatic heterocycles. The predicted octanol–water partition coefficient (Wildman–Crippen LogP) is 4.98. The van der Waals surface area contributed by atoms with Gasteiger partial charge < -0.3 is 9.64 Å². The SMILES string of the molecule is COCc1nc(SC(=S)N2CCCC2)c2c(-c3ccccc3)csc2n1. The van der Waals surface area contributed by atoms with Crippen LogP contribution in [0.4, 0.5) is 0 Å². The van der Waals surface area contributed by atoms with E-state index < -0.39 is 0 Å². The van der Waals surface area contributed by atoms with Crippen molar-refractivity contribution in [2.24, 2.45) is 0 Å². The van der Waals surface area contributed by atoms with Gasteiger partial charge in [-0.2, -0.15) is 0 Å². The summed E-state index contributed by atoms with van der Waals surface area (Å²) in [5, 5.41) is 4.18. The average molecular weight is 402 g/mol. The van der Waals surface area contributed by atoms with Crippen molar-refractivity contribution in [3.8, 4) is 11.1 Å². The number of hydrogen-bond acceptors (Lipinski definition) is 6. The molecule has 0 spiro atoms. The maximum Gasteiger partial charge on any atom is 0.156 e. The third kappa shape index (κ3) is 3.62. The Bertz CT molecular complexity index is 920. The Kier molecular flexibility index (Phi) is 5.49. The standard InChI is InChI=1S/C19H19N3OS3/c1-23-11-15-20-17-16(14(12-25-17)13-7-3-2-4-8-13)18(21-15)26-19(24)22-9-5-6-10-22/h2-4,7-8,12H,5-6,9-11H2,1H3. The van der Waals surface area contributed by atoms with E-state index in [2.05, 4.69) is 39.5 Å². The van der Waals surface area contributed by atoms with Crippen LogP contribution in [0.15, 0.2) is 40.7 Å². The molecule has 1 aliphatic rings. The van der Waals surface area contributed by atoms with Crippen molar-refractivity contribution in [2.45, 2.75) is 24.5 Å². The van der Waals surface area contributed by atoms with E-state index in [4.69, 9.17) is 21.9 Å². The lowest BCUT2D eigenvalue weighted by Gasteiger charge is -2.18. The molecular weight excluding hydrogens is 382 g/mol. The molecule has 0 unspecified atom stereocenters. The van der Waals surface area contributed by atoms with Crippen molar-refractivity contribution >= 4 is 49.9 Å². The summed E-state index contributed by atoms with van der Waals surface area (Å²) in [4.78, 5) is 12.7. The van der Waals surface area contributed by atoms with Crippen LogP contribution in [0.3, 0.4) is 0 Å². The Labute approximate surface area is 166 Å². The molecule has 3 heterocycles. The number of thiocarbonyl (C=S) groups is 1. The number of thioether (sulfide) groups is 1. The first-order valence-electron chi connectivity index (χ1n) is 8.55. The van der Waals surface area contributed by atoms with E-state index in [1.54, 1.807) is 30.2 Å². The minimum absolute atomic E-state index is 0.401. The first-order chi connectivity index (χ1) is 12.8. The van der Waals surface area contributed by atoms with Crippen molar-refractivity contribution in [3.63, 3.8) is 0 Å². The summed E-state index contributed by atoms with van der Waals surface area (Å²) in [6, 6.07) is 10.4. The Balaban J connectivity index is 1.79. The van der Waals surface area contributed by atoms with Gasteiger partial charge in [0, 0.05) is 31.1 Å². The zero-order chi connectivity index (χ0) is 17.9. The number of benzene rings is 1. The van der Waals surface area contributed by atoms with Crippen LogP contribution in [0.25, 0.3) is 21.3 Å². The summed E-state index contributed by atoms with van der Waals surface area (Å²) in [7, 11) is 1.67. The molecule has 1 aliphatic heterocycles. The summed E-state index contributed by atoms with van der Waals surface area (Å²) in [6.45, 7) is 2.49. The van der Waals surface area contributed by atoms with Gasteiger partial charge in [-0.3, -0.25) is 0 Å². The number of hydrogen-bond donors (Lipinski definition) is 0. The largest absolute Gasteiger partial charge is 0.377 e. The topological polar surface area (TPSA) is 38.2 Å². The van der Waals surface area contributed by atoms with Crippen LogP contribution in [-0.4, -0.2) is 39.4 Å². The fourth-order valence-corrected chi connectivity index (χ4v) is 5.48.